The highest BCUT2D eigenvalue weighted by Crippen LogP contribution is 2.54. The highest BCUT2D eigenvalue weighted by molar-refractivity contribution is 5.28. The van der Waals surface area contributed by atoms with Crippen LogP contribution < -0.4 is 5.32 Å². The van der Waals surface area contributed by atoms with Gasteiger partial charge in [0, 0.05) is 25.1 Å². The molecule has 1 aromatic carbocycles. The fourth-order valence-corrected chi connectivity index (χ4v) is 4.92. The summed E-state index contributed by atoms with van der Waals surface area (Å²) in [5.41, 5.74) is 1.56. The fraction of sp³-hybridized carbons (Fsp3) is 0.684. The summed E-state index contributed by atoms with van der Waals surface area (Å²) < 4.78 is 5.52. The molecular weight excluding hydrogens is 258 g/mol. The molecule has 2 aliphatic carbocycles. The average molecular weight is 285 g/mol. The standard InChI is InChI=1S/C19H27NO/c1-2-6-15(7-3-1)18-16-8-4-5-9-17(16)19(18)20-12-14-10-11-21-13-14/h1-3,6-7,14,16-20H,4-5,8-13H2/t14?,16?,17?,18-,19-/m0/s1. The van der Waals surface area contributed by atoms with Crippen molar-refractivity contribution in [3.05, 3.63) is 35.9 Å². The molecule has 4 rings (SSSR count). The van der Waals surface area contributed by atoms with Crippen molar-refractivity contribution in [3.8, 4) is 0 Å². The van der Waals surface area contributed by atoms with Gasteiger partial charge in [-0.25, -0.2) is 0 Å². The predicted octanol–water partition coefficient (Wildman–Crippen LogP) is 3.58. The van der Waals surface area contributed by atoms with E-state index < -0.39 is 0 Å². The zero-order chi connectivity index (χ0) is 14.1. The smallest absolute Gasteiger partial charge is 0.0507 e. The quantitative estimate of drug-likeness (QED) is 0.913. The van der Waals surface area contributed by atoms with E-state index in [2.05, 4.69) is 35.6 Å². The van der Waals surface area contributed by atoms with Gasteiger partial charge in [-0.1, -0.05) is 43.2 Å². The zero-order valence-electron chi connectivity index (χ0n) is 12.8. The van der Waals surface area contributed by atoms with Crippen LogP contribution in [0.25, 0.3) is 0 Å². The summed E-state index contributed by atoms with van der Waals surface area (Å²) in [6.45, 7) is 3.08. The Morgan fingerprint density at radius 1 is 1.00 bits per heavy atom. The maximum atomic E-state index is 5.52. The van der Waals surface area contributed by atoms with Gasteiger partial charge in [0.05, 0.1) is 6.61 Å². The second-order valence-electron chi connectivity index (χ2n) is 7.21. The highest BCUT2D eigenvalue weighted by Gasteiger charge is 2.50. The van der Waals surface area contributed by atoms with E-state index in [1.54, 1.807) is 5.56 Å². The van der Waals surface area contributed by atoms with E-state index in [0.29, 0.717) is 6.04 Å². The van der Waals surface area contributed by atoms with Crippen molar-refractivity contribution in [2.24, 2.45) is 17.8 Å². The van der Waals surface area contributed by atoms with E-state index in [4.69, 9.17) is 4.74 Å². The molecule has 0 aromatic heterocycles. The number of nitrogens with one attached hydrogen (secondary N) is 1. The van der Waals surface area contributed by atoms with Gasteiger partial charge in [-0.15, -0.1) is 0 Å². The minimum absolute atomic E-state index is 0.707. The Bertz CT molecular complexity index is 454. The van der Waals surface area contributed by atoms with Crippen molar-refractivity contribution >= 4 is 0 Å². The summed E-state index contributed by atoms with van der Waals surface area (Å²) in [6.07, 6.45) is 6.99. The Morgan fingerprint density at radius 2 is 1.81 bits per heavy atom. The molecule has 2 saturated carbocycles. The summed E-state index contributed by atoms with van der Waals surface area (Å²) >= 11 is 0. The van der Waals surface area contributed by atoms with Crippen molar-refractivity contribution in [2.75, 3.05) is 19.8 Å². The Labute approximate surface area is 128 Å². The largest absolute Gasteiger partial charge is 0.381 e. The molecule has 5 atom stereocenters. The van der Waals surface area contributed by atoms with Crippen LogP contribution >= 0.6 is 0 Å². The van der Waals surface area contributed by atoms with E-state index in [9.17, 15) is 0 Å². The van der Waals surface area contributed by atoms with Gasteiger partial charge >= 0.3 is 0 Å². The number of ether oxygens (including phenoxy) is 1. The topological polar surface area (TPSA) is 21.3 Å². The number of hydrogen-bond acceptors (Lipinski definition) is 2. The molecule has 21 heavy (non-hydrogen) atoms. The summed E-state index contributed by atoms with van der Waals surface area (Å²) in [5.74, 6) is 3.34. The average Bonchev–Trinajstić information content (AvgIpc) is 3.03. The number of fused-ring (bicyclic) bond motifs is 1. The van der Waals surface area contributed by atoms with E-state index in [-0.39, 0.29) is 0 Å². The van der Waals surface area contributed by atoms with Gasteiger partial charge in [-0.05, 0) is 42.6 Å². The summed E-state index contributed by atoms with van der Waals surface area (Å²) in [4.78, 5) is 0. The third kappa shape index (κ3) is 2.64. The van der Waals surface area contributed by atoms with Gasteiger partial charge in [-0.3, -0.25) is 0 Å². The van der Waals surface area contributed by atoms with Crippen LogP contribution in [0.4, 0.5) is 0 Å². The van der Waals surface area contributed by atoms with Crippen LogP contribution in [0.15, 0.2) is 30.3 Å². The van der Waals surface area contributed by atoms with Gasteiger partial charge in [0.15, 0.2) is 0 Å². The maximum Gasteiger partial charge on any atom is 0.0507 e. The number of rotatable bonds is 4. The highest BCUT2D eigenvalue weighted by atomic mass is 16.5. The molecule has 2 heteroatoms. The molecule has 1 N–H and O–H groups in total. The molecule has 1 saturated heterocycles. The summed E-state index contributed by atoms with van der Waals surface area (Å²) in [5, 5.41) is 3.93. The van der Waals surface area contributed by atoms with Gasteiger partial charge in [0.1, 0.15) is 0 Å². The molecule has 3 unspecified atom stereocenters. The van der Waals surface area contributed by atoms with Crippen LogP contribution in [-0.4, -0.2) is 25.8 Å². The van der Waals surface area contributed by atoms with E-state index >= 15 is 0 Å². The molecule has 0 spiro atoms. The lowest BCUT2D eigenvalue weighted by atomic mass is 9.53. The van der Waals surface area contributed by atoms with Crippen LogP contribution in [0.1, 0.15) is 43.6 Å². The van der Waals surface area contributed by atoms with Crippen molar-refractivity contribution in [1.29, 1.82) is 0 Å². The lowest BCUT2D eigenvalue weighted by molar-refractivity contribution is 0.0240. The van der Waals surface area contributed by atoms with Crippen molar-refractivity contribution < 1.29 is 4.74 Å². The normalized spacial score (nSPS) is 38.8. The first kappa shape index (κ1) is 13.8. The first-order chi connectivity index (χ1) is 10.4. The Balaban J connectivity index is 1.46. The monoisotopic (exact) mass is 285 g/mol. The third-order valence-corrected chi connectivity index (χ3v) is 6.03. The van der Waals surface area contributed by atoms with Crippen LogP contribution in [0, 0.1) is 17.8 Å². The molecule has 114 valence electrons. The molecule has 0 radical (unpaired) electrons. The molecule has 1 aromatic rings. The maximum absolute atomic E-state index is 5.52. The Kier molecular flexibility index (Phi) is 4.00. The zero-order valence-corrected chi connectivity index (χ0v) is 12.8. The Hall–Kier alpha value is -0.860. The van der Waals surface area contributed by atoms with Crippen molar-refractivity contribution in [3.63, 3.8) is 0 Å². The van der Waals surface area contributed by atoms with Crippen molar-refractivity contribution in [2.45, 2.75) is 44.1 Å². The first-order valence-corrected chi connectivity index (χ1v) is 8.79. The predicted molar refractivity (Wildman–Crippen MR) is 85.3 cm³/mol. The molecule has 2 nitrogen and oxygen atoms in total. The Morgan fingerprint density at radius 3 is 2.57 bits per heavy atom. The van der Waals surface area contributed by atoms with Gasteiger partial charge in [-0.2, -0.15) is 0 Å². The van der Waals surface area contributed by atoms with Crippen LogP contribution in [0.3, 0.4) is 0 Å². The molecule has 1 heterocycles. The lowest BCUT2D eigenvalue weighted by Gasteiger charge is -2.55. The molecule has 3 aliphatic rings. The van der Waals surface area contributed by atoms with Crippen molar-refractivity contribution in [1.82, 2.24) is 5.32 Å². The van der Waals surface area contributed by atoms with Crippen LogP contribution in [0.2, 0.25) is 0 Å². The number of benzene rings is 1. The SMILES string of the molecule is c1ccc([C@H]2C3CCCCC3[C@@H]2NCC2CCOC2)cc1. The van der Waals surface area contributed by atoms with Gasteiger partial charge < -0.3 is 10.1 Å². The minimum atomic E-state index is 0.707. The van der Waals surface area contributed by atoms with Gasteiger partial charge in [0.25, 0.3) is 0 Å². The van der Waals surface area contributed by atoms with E-state index in [0.717, 1.165) is 43.4 Å². The summed E-state index contributed by atoms with van der Waals surface area (Å²) in [6, 6.07) is 11.9. The molecule has 0 bridgehead atoms. The number of hydrogen-bond donors (Lipinski definition) is 1. The minimum Gasteiger partial charge on any atom is -0.381 e. The molecule has 1 aliphatic heterocycles. The molecular formula is C19H27NO. The van der Waals surface area contributed by atoms with Crippen LogP contribution in [-0.2, 0) is 4.74 Å². The third-order valence-electron chi connectivity index (χ3n) is 6.03. The lowest BCUT2D eigenvalue weighted by Crippen LogP contribution is -2.58. The van der Waals surface area contributed by atoms with Gasteiger partial charge in [0.2, 0.25) is 0 Å². The second kappa shape index (κ2) is 6.10. The second-order valence-corrected chi connectivity index (χ2v) is 7.21. The van der Waals surface area contributed by atoms with Crippen LogP contribution in [0.5, 0.6) is 0 Å². The van der Waals surface area contributed by atoms with E-state index in [1.807, 2.05) is 0 Å². The van der Waals surface area contributed by atoms with E-state index in [1.165, 1.54) is 32.1 Å². The fourth-order valence-electron chi connectivity index (χ4n) is 4.92. The molecule has 0 amide bonds. The summed E-state index contributed by atoms with van der Waals surface area (Å²) in [7, 11) is 0. The first-order valence-electron chi connectivity index (χ1n) is 8.79. The molecule has 3 fully saturated rings.